The van der Waals surface area contributed by atoms with Crippen LogP contribution in [0.15, 0.2) is 39.4 Å². The van der Waals surface area contributed by atoms with Gasteiger partial charge in [-0.3, -0.25) is 9.59 Å². The summed E-state index contributed by atoms with van der Waals surface area (Å²) in [6.07, 6.45) is 3.31. The van der Waals surface area contributed by atoms with Crippen molar-refractivity contribution < 1.29 is 13.9 Å². The van der Waals surface area contributed by atoms with Gasteiger partial charge in [0.15, 0.2) is 5.13 Å². The van der Waals surface area contributed by atoms with E-state index in [0.717, 1.165) is 29.5 Å². The van der Waals surface area contributed by atoms with Gasteiger partial charge in [-0.05, 0) is 43.4 Å². The average Bonchev–Trinajstić information content (AvgIpc) is 3.21. The fourth-order valence-electron chi connectivity index (χ4n) is 3.58. The second-order valence-corrected chi connectivity index (χ2v) is 7.82. The fraction of sp³-hybridized carbons (Fsp3) is 0.368. The number of benzene rings is 1. The lowest BCUT2D eigenvalue weighted by atomic mass is 9.92. The van der Waals surface area contributed by atoms with Gasteiger partial charge in [0, 0.05) is 24.8 Å². The number of fused-ring (bicyclic) bond motifs is 1. The lowest BCUT2D eigenvalue weighted by molar-refractivity contribution is -0.120. The minimum atomic E-state index is -1.05. The number of rotatable bonds is 5. The Morgan fingerprint density at radius 2 is 2.17 bits per heavy atom. The minimum Gasteiger partial charge on any atom is -0.381 e. The zero-order valence-electron chi connectivity index (χ0n) is 15.4. The molecule has 1 aliphatic heterocycles. The first kappa shape index (κ1) is 19.5. The van der Waals surface area contributed by atoms with Crippen LogP contribution in [0, 0.1) is 11.7 Å². The van der Waals surface area contributed by atoms with Crippen molar-refractivity contribution in [2.75, 3.05) is 18.5 Å². The number of hydrogen-bond donors (Lipinski definition) is 2. The van der Waals surface area contributed by atoms with Gasteiger partial charge in [0.2, 0.25) is 5.91 Å². The van der Waals surface area contributed by atoms with Gasteiger partial charge in [-0.15, -0.1) is 11.3 Å². The highest BCUT2D eigenvalue weighted by Crippen LogP contribution is 2.26. The van der Waals surface area contributed by atoms with Gasteiger partial charge in [0.25, 0.3) is 5.56 Å². The number of carbonyl (C=O) groups excluding carboxylic acids is 1. The van der Waals surface area contributed by atoms with E-state index in [2.05, 4.69) is 15.3 Å². The number of hydrogen-bond acceptors (Lipinski definition) is 6. The van der Waals surface area contributed by atoms with Crippen LogP contribution in [0.4, 0.5) is 9.52 Å². The van der Waals surface area contributed by atoms with Gasteiger partial charge in [0.1, 0.15) is 11.9 Å². The molecule has 29 heavy (non-hydrogen) atoms. The van der Waals surface area contributed by atoms with Gasteiger partial charge in [-0.2, -0.15) is 0 Å². The molecular formula is C19H19FN4O4S. The molecule has 4 rings (SSSR count). The molecule has 1 atom stereocenters. The summed E-state index contributed by atoms with van der Waals surface area (Å²) in [7, 11) is 0. The van der Waals surface area contributed by atoms with E-state index in [1.54, 1.807) is 11.6 Å². The summed E-state index contributed by atoms with van der Waals surface area (Å²) in [5.74, 6) is -0.985. The molecule has 1 aliphatic rings. The van der Waals surface area contributed by atoms with Crippen molar-refractivity contribution in [2.24, 2.45) is 5.92 Å². The van der Waals surface area contributed by atoms with E-state index in [0.29, 0.717) is 24.8 Å². The molecule has 1 unspecified atom stereocenters. The summed E-state index contributed by atoms with van der Waals surface area (Å²) < 4.78 is 19.9. The molecule has 0 radical (unpaired) electrons. The summed E-state index contributed by atoms with van der Waals surface area (Å²) in [5.41, 5.74) is -1.18. The zero-order chi connectivity index (χ0) is 20.4. The number of nitrogens with zero attached hydrogens (tertiary/aromatic N) is 2. The number of anilines is 1. The maximum Gasteiger partial charge on any atom is 0.329 e. The first-order valence-corrected chi connectivity index (χ1v) is 10.1. The second-order valence-electron chi connectivity index (χ2n) is 6.93. The third-order valence-electron chi connectivity index (χ3n) is 5.07. The van der Waals surface area contributed by atoms with Gasteiger partial charge in [-0.1, -0.05) is 0 Å². The summed E-state index contributed by atoms with van der Waals surface area (Å²) in [5, 5.41) is 4.78. The molecule has 3 heterocycles. The Hall–Kier alpha value is -2.85. The van der Waals surface area contributed by atoms with Gasteiger partial charge in [-0.25, -0.2) is 18.7 Å². The predicted molar refractivity (Wildman–Crippen MR) is 107 cm³/mol. The summed E-state index contributed by atoms with van der Waals surface area (Å²) >= 11 is 1.24. The molecule has 2 N–H and O–H groups in total. The Morgan fingerprint density at radius 3 is 2.90 bits per heavy atom. The Balaban J connectivity index is 1.78. The third-order valence-corrected chi connectivity index (χ3v) is 5.75. The van der Waals surface area contributed by atoms with E-state index in [-0.39, 0.29) is 16.8 Å². The van der Waals surface area contributed by atoms with Crippen molar-refractivity contribution in [3.63, 3.8) is 0 Å². The number of aromatic nitrogens is 3. The number of nitrogens with one attached hydrogen (secondary N) is 2. The molecule has 3 aromatic rings. The van der Waals surface area contributed by atoms with Crippen molar-refractivity contribution in [3.8, 4) is 0 Å². The van der Waals surface area contributed by atoms with Gasteiger partial charge >= 0.3 is 5.69 Å². The first-order valence-electron chi connectivity index (χ1n) is 9.25. The smallest absolute Gasteiger partial charge is 0.329 e. The van der Waals surface area contributed by atoms with Crippen LogP contribution in [-0.2, 0) is 9.53 Å². The Kier molecular flexibility index (Phi) is 5.54. The molecule has 10 heteroatoms. The summed E-state index contributed by atoms with van der Waals surface area (Å²) in [4.78, 5) is 45.4. The van der Waals surface area contributed by atoms with Crippen molar-refractivity contribution >= 4 is 33.3 Å². The van der Waals surface area contributed by atoms with Crippen molar-refractivity contribution in [2.45, 2.75) is 25.3 Å². The zero-order valence-corrected chi connectivity index (χ0v) is 16.2. The highest BCUT2D eigenvalue weighted by molar-refractivity contribution is 7.13. The molecule has 1 fully saturated rings. The Labute approximate surface area is 168 Å². The highest BCUT2D eigenvalue weighted by atomic mass is 32.1. The van der Waals surface area contributed by atoms with Crippen LogP contribution in [-0.4, -0.2) is 33.7 Å². The van der Waals surface area contributed by atoms with Crippen LogP contribution in [0.1, 0.15) is 25.3 Å². The van der Waals surface area contributed by atoms with Crippen LogP contribution in [0.25, 0.3) is 10.9 Å². The van der Waals surface area contributed by atoms with Crippen molar-refractivity contribution in [3.05, 3.63) is 56.4 Å². The normalized spacial score (nSPS) is 16.0. The molecule has 8 nitrogen and oxygen atoms in total. The number of H-pyrrole nitrogens is 1. The van der Waals surface area contributed by atoms with E-state index < -0.39 is 29.0 Å². The van der Waals surface area contributed by atoms with Gasteiger partial charge < -0.3 is 15.0 Å². The highest BCUT2D eigenvalue weighted by Gasteiger charge is 2.29. The molecule has 2 aromatic heterocycles. The number of halogens is 1. The average molecular weight is 418 g/mol. The molecule has 0 bridgehead atoms. The SMILES string of the molecule is O=C(Nc1nccs1)C(CC1CCOCC1)n1c(=O)[nH]c2ccc(F)cc2c1=O. The third kappa shape index (κ3) is 4.13. The largest absolute Gasteiger partial charge is 0.381 e. The van der Waals surface area contributed by atoms with Crippen LogP contribution < -0.4 is 16.6 Å². The minimum absolute atomic E-state index is 0.0172. The second kappa shape index (κ2) is 8.26. The topological polar surface area (TPSA) is 106 Å². The molecule has 1 aromatic carbocycles. The molecule has 1 amide bonds. The lowest BCUT2D eigenvalue weighted by Crippen LogP contribution is -2.43. The first-order chi connectivity index (χ1) is 14.0. The van der Waals surface area contributed by atoms with Crippen LogP contribution in [0.5, 0.6) is 0 Å². The predicted octanol–water partition coefficient (Wildman–Crippen LogP) is 2.28. The molecule has 152 valence electrons. The number of amides is 1. The Morgan fingerprint density at radius 1 is 1.38 bits per heavy atom. The number of thiazole rings is 1. The molecule has 0 spiro atoms. The number of carbonyl (C=O) groups is 1. The van der Waals surface area contributed by atoms with Crippen LogP contribution in [0.2, 0.25) is 0 Å². The lowest BCUT2D eigenvalue weighted by Gasteiger charge is -2.26. The van der Waals surface area contributed by atoms with Gasteiger partial charge in [0.05, 0.1) is 10.9 Å². The van der Waals surface area contributed by atoms with E-state index in [1.165, 1.54) is 17.4 Å². The Bertz CT molecular complexity index is 1140. The van der Waals surface area contributed by atoms with E-state index in [1.807, 2.05) is 0 Å². The van der Waals surface area contributed by atoms with Crippen LogP contribution >= 0.6 is 11.3 Å². The fourth-order valence-corrected chi connectivity index (χ4v) is 4.12. The number of ether oxygens (including phenoxy) is 1. The van der Waals surface area contributed by atoms with E-state index in [4.69, 9.17) is 4.74 Å². The summed E-state index contributed by atoms with van der Waals surface area (Å²) in [6, 6.07) is 2.51. The quantitative estimate of drug-likeness (QED) is 0.661. The van der Waals surface area contributed by atoms with Crippen molar-refractivity contribution in [1.82, 2.24) is 14.5 Å². The van der Waals surface area contributed by atoms with Crippen LogP contribution in [0.3, 0.4) is 0 Å². The molecule has 0 saturated carbocycles. The maximum absolute atomic E-state index is 13.7. The molecule has 0 aliphatic carbocycles. The molecular weight excluding hydrogens is 399 g/mol. The maximum atomic E-state index is 13.7. The summed E-state index contributed by atoms with van der Waals surface area (Å²) in [6.45, 7) is 1.14. The monoisotopic (exact) mass is 418 g/mol. The molecule has 1 saturated heterocycles. The number of aromatic amines is 1. The standard InChI is InChI=1S/C19H19FN4O4S/c20-12-1-2-14-13(10-12)17(26)24(19(27)22-14)15(9-11-3-6-28-7-4-11)16(25)23-18-21-5-8-29-18/h1-2,5,8,10-11,15H,3-4,6-7,9H2,(H,22,27)(H,21,23,25). The van der Waals surface area contributed by atoms with Crippen molar-refractivity contribution in [1.29, 1.82) is 0 Å². The van der Waals surface area contributed by atoms with E-state index in [9.17, 15) is 18.8 Å². The van der Waals surface area contributed by atoms with E-state index >= 15 is 0 Å².